The number of benzene rings is 1. The van der Waals surface area contributed by atoms with E-state index in [0.717, 1.165) is 38.1 Å². The first-order chi connectivity index (χ1) is 14.0. The Labute approximate surface area is 166 Å². The molecule has 8 heteroatoms. The number of halogens is 3. The monoisotopic (exact) mass is 402 g/mol. The average molecular weight is 402 g/mol. The average Bonchev–Trinajstić information content (AvgIpc) is 3.15. The van der Waals surface area contributed by atoms with Gasteiger partial charge >= 0.3 is 6.18 Å². The Morgan fingerprint density at radius 1 is 1.07 bits per heavy atom. The first kappa shape index (κ1) is 19.6. The summed E-state index contributed by atoms with van der Waals surface area (Å²) in [6.07, 6.45) is 1.60. The molecule has 0 radical (unpaired) electrons. The number of likely N-dealkylation sites (tertiary alicyclic amines) is 1. The first-order valence-electron chi connectivity index (χ1n) is 9.57. The van der Waals surface area contributed by atoms with Crippen molar-refractivity contribution in [2.75, 3.05) is 13.1 Å². The predicted molar refractivity (Wildman–Crippen MR) is 100 cm³/mol. The third kappa shape index (κ3) is 5.00. The van der Waals surface area contributed by atoms with Crippen molar-refractivity contribution in [3.8, 4) is 0 Å². The van der Waals surface area contributed by atoms with Gasteiger partial charge in [-0.15, -0.1) is 0 Å². The van der Waals surface area contributed by atoms with Crippen LogP contribution in [0.1, 0.15) is 47.2 Å². The second-order valence-corrected chi connectivity index (χ2v) is 7.31. The lowest BCUT2D eigenvalue weighted by Crippen LogP contribution is -2.32. The van der Waals surface area contributed by atoms with Crippen molar-refractivity contribution in [1.29, 1.82) is 0 Å². The Bertz CT molecular complexity index is 934. The molecular formula is C21H21F3N4O. The van der Waals surface area contributed by atoms with Gasteiger partial charge in [0.15, 0.2) is 5.82 Å². The molecular weight excluding hydrogens is 381 g/mol. The molecule has 1 saturated heterocycles. The van der Waals surface area contributed by atoms with E-state index in [9.17, 15) is 13.2 Å². The minimum atomic E-state index is -4.36. The van der Waals surface area contributed by atoms with Crippen LogP contribution in [0.15, 0.2) is 53.3 Å². The summed E-state index contributed by atoms with van der Waals surface area (Å²) in [7, 11) is 0. The molecule has 1 fully saturated rings. The Balaban J connectivity index is 1.32. The van der Waals surface area contributed by atoms with Gasteiger partial charge in [-0.3, -0.25) is 9.88 Å². The first-order valence-corrected chi connectivity index (χ1v) is 9.57. The lowest BCUT2D eigenvalue weighted by molar-refractivity contribution is -0.137. The number of pyridine rings is 1. The van der Waals surface area contributed by atoms with Crippen LogP contribution in [0, 0.1) is 0 Å². The van der Waals surface area contributed by atoms with Crippen LogP contribution in [0.25, 0.3) is 0 Å². The fourth-order valence-corrected chi connectivity index (χ4v) is 3.72. The van der Waals surface area contributed by atoms with Crippen molar-refractivity contribution in [3.05, 3.63) is 77.2 Å². The van der Waals surface area contributed by atoms with Crippen LogP contribution in [0.4, 0.5) is 13.2 Å². The molecule has 152 valence electrons. The Morgan fingerprint density at radius 3 is 2.55 bits per heavy atom. The van der Waals surface area contributed by atoms with E-state index in [4.69, 9.17) is 4.52 Å². The van der Waals surface area contributed by atoms with Gasteiger partial charge < -0.3 is 4.52 Å². The molecule has 0 aliphatic carbocycles. The molecule has 1 aliphatic rings. The van der Waals surface area contributed by atoms with Crippen molar-refractivity contribution in [1.82, 2.24) is 20.0 Å². The molecule has 1 aliphatic heterocycles. The van der Waals surface area contributed by atoms with Gasteiger partial charge in [0.1, 0.15) is 0 Å². The van der Waals surface area contributed by atoms with Gasteiger partial charge in [-0.2, -0.15) is 18.2 Å². The number of aromatic nitrogens is 3. The highest BCUT2D eigenvalue weighted by Gasteiger charge is 2.30. The molecule has 3 heterocycles. The van der Waals surface area contributed by atoms with Gasteiger partial charge in [-0.05, 0) is 61.2 Å². The number of nitrogens with zero attached hydrogens (tertiary/aromatic N) is 4. The van der Waals surface area contributed by atoms with Crippen LogP contribution in [0.2, 0.25) is 0 Å². The lowest BCUT2D eigenvalue weighted by Gasteiger charge is -2.31. The Hall–Kier alpha value is -2.74. The summed E-state index contributed by atoms with van der Waals surface area (Å²) in [5.74, 6) is 1.42. The summed E-state index contributed by atoms with van der Waals surface area (Å²) >= 11 is 0. The number of rotatable bonds is 5. The maximum Gasteiger partial charge on any atom is 0.416 e. The summed E-state index contributed by atoms with van der Waals surface area (Å²) in [6, 6.07) is 9.35. The van der Waals surface area contributed by atoms with Crippen LogP contribution in [-0.4, -0.2) is 33.1 Å². The molecule has 0 amide bonds. The molecule has 0 saturated carbocycles. The second kappa shape index (κ2) is 8.32. The largest absolute Gasteiger partial charge is 0.416 e. The van der Waals surface area contributed by atoms with Crippen molar-refractivity contribution in [2.45, 2.75) is 37.9 Å². The van der Waals surface area contributed by atoms with Gasteiger partial charge in [0, 0.05) is 18.8 Å². The zero-order chi connectivity index (χ0) is 20.3. The SMILES string of the molecule is FC(F)(F)c1cccc(Cc2noc(CN3CCC(c4ccncc4)CC3)n2)c1. The maximum absolute atomic E-state index is 12.8. The molecule has 0 N–H and O–H groups in total. The van der Waals surface area contributed by atoms with E-state index in [1.54, 1.807) is 6.07 Å². The number of hydrogen-bond donors (Lipinski definition) is 0. The van der Waals surface area contributed by atoms with Crippen LogP contribution >= 0.6 is 0 Å². The van der Waals surface area contributed by atoms with Gasteiger partial charge in [-0.25, -0.2) is 0 Å². The van der Waals surface area contributed by atoms with Crippen molar-refractivity contribution in [2.24, 2.45) is 0 Å². The van der Waals surface area contributed by atoms with E-state index >= 15 is 0 Å². The molecule has 0 spiro atoms. The third-order valence-electron chi connectivity index (χ3n) is 5.25. The summed E-state index contributed by atoms with van der Waals surface area (Å²) in [5, 5.41) is 3.93. The summed E-state index contributed by atoms with van der Waals surface area (Å²) < 4.78 is 43.9. The molecule has 2 aromatic heterocycles. The van der Waals surface area contributed by atoms with Crippen LogP contribution in [0.5, 0.6) is 0 Å². The van der Waals surface area contributed by atoms with E-state index in [1.165, 1.54) is 11.6 Å². The van der Waals surface area contributed by atoms with Crippen molar-refractivity contribution in [3.63, 3.8) is 0 Å². The zero-order valence-corrected chi connectivity index (χ0v) is 15.8. The Morgan fingerprint density at radius 2 is 1.83 bits per heavy atom. The van der Waals surface area contributed by atoms with E-state index in [2.05, 4.69) is 32.2 Å². The molecule has 3 aromatic rings. The third-order valence-corrected chi connectivity index (χ3v) is 5.25. The lowest BCUT2D eigenvalue weighted by atomic mass is 9.90. The normalized spacial score (nSPS) is 16.2. The zero-order valence-electron chi connectivity index (χ0n) is 15.8. The van der Waals surface area contributed by atoms with Crippen LogP contribution < -0.4 is 0 Å². The number of hydrogen-bond acceptors (Lipinski definition) is 5. The molecule has 0 unspecified atom stereocenters. The highest BCUT2D eigenvalue weighted by Crippen LogP contribution is 2.30. The minimum absolute atomic E-state index is 0.206. The van der Waals surface area contributed by atoms with Gasteiger partial charge in [0.2, 0.25) is 5.89 Å². The number of piperidine rings is 1. The number of alkyl halides is 3. The summed E-state index contributed by atoms with van der Waals surface area (Å²) in [6.45, 7) is 2.41. The Kier molecular flexibility index (Phi) is 5.62. The van der Waals surface area contributed by atoms with E-state index in [-0.39, 0.29) is 6.42 Å². The van der Waals surface area contributed by atoms with Crippen molar-refractivity contribution < 1.29 is 17.7 Å². The highest BCUT2D eigenvalue weighted by molar-refractivity contribution is 5.27. The van der Waals surface area contributed by atoms with Gasteiger partial charge in [0.25, 0.3) is 0 Å². The minimum Gasteiger partial charge on any atom is -0.338 e. The van der Waals surface area contributed by atoms with E-state index in [1.807, 2.05) is 12.4 Å². The van der Waals surface area contributed by atoms with Gasteiger partial charge in [0.05, 0.1) is 12.1 Å². The molecule has 5 nitrogen and oxygen atoms in total. The standard InChI is InChI=1S/C21H21F3N4O/c22-21(23,24)18-3-1-2-15(12-18)13-19-26-20(29-27-19)14-28-10-6-17(7-11-28)16-4-8-25-9-5-16/h1-5,8-9,12,17H,6-7,10-11,13-14H2. The van der Waals surface area contributed by atoms with Crippen molar-refractivity contribution >= 4 is 0 Å². The smallest absolute Gasteiger partial charge is 0.338 e. The van der Waals surface area contributed by atoms with E-state index < -0.39 is 11.7 Å². The molecule has 29 heavy (non-hydrogen) atoms. The fraction of sp³-hybridized carbons (Fsp3) is 0.381. The molecule has 0 bridgehead atoms. The maximum atomic E-state index is 12.8. The van der Waals surface area contributed by atoms with Crippen LogP contribution in [-0.2, 0) is 19.1 Å². The topological polar surface area (TPSA) is 55.1 Å². The summed E-state index contributed by atoms with van der Waals surface area (Å²) in [4.78, 5) is 10.7. The quantitative estimate of drug-likeness (QED) is 0.631. The summed E-state index contributed by atoms with van der Waals surface area (Å²) in [5.41, 5.74) is 1.15. The predicted octanol–water partition coefficient (Wildman–Crippen LogP) is 4.45. The second-order valence-electron chi connectivity index (χ2n) is 7.31. The molecule has 0 atom stereocenters. The van der Waals surface area contributed by atoms with Crippen LogP contribution in [0.3, 0.4) is 0 Å². The van der Waals surface area contributed by atoms with Gasteiger partial charge in [-0.1, -0.05) is 23.4 Å². The molecule has 1 aromatic carbocycles. The fourth-order valence-electron chi connectivity index (χ4n) is 3.72. The molecule has 4 rings (SSSR count). The highest BCUT2D eigenvalue weighted by atomic mass is 19.4. The van der Waals surface area contributed by atoms with E-state index in [0.29, 0.717) is 29.7 Å².